The summed E-state index contributed by atoms with van der Waals surface area (Å²) in [5.41, 5.74) is 3.69. The molecule has 3 aliphatic rings. The van der Waals surface area contributed by atoms with Gasteiger partial charge < -0.3 is 16.0 Å². The van der Waals surface area contributed by atoms with Crippen molar-refractivity contribution in [3.8, 4) is 0 Å². The van der Waals surface area contributed by atoms with Gasteiger partial charge in [-0.3, -0.25) is 14.4 Å². The van der Waals surface area contributed by atoms with Crippen LogP contribution in [0.15, 0.2) is 48.5 Å². The van der Waals surface area contributed by atoms with Crippen LogP contribution in [0.1, 0.15) is 56.1 Å². The highest BCUT2D eigenvalue weighted by molar-refractivity contribution is 5.95. The van der Waals surface area contributed by atoms with E-state index in [4.69, 9.17) is 4.84 Å². The Morgan fingerprint density at radius 1 is 0.833 bits per heavy atom. The van der Waals surface area contributed by atoms with Crippen molar-refractivity contribution in [2.45, 2.75) is 57.0 Å². The molecule has 1 aliphatic carbocycles. The monoisotopic (exact) mass is 488 g/mol. The van der Waals surface area contributed by atoms with Crippen LogP contribution >= 0.6 is 0 Å². The summed E-state index contributed by atoms with van der Waals surface area (Å²) >= 11 is 0. The van der Waals surface area contributed by atoms with Crippen LogP contribution < -0.4 is 16.0 Å². The second kappa shape index (κ2) is 11.8. The van der Waals surface area contributed by atoms with Crippen molar-refractivity contribution >= 4 is 35.3 Å². The summed E-state index contributed by atoms with van der Waals surface area (Å²) in [5.74, 6) is 0.693. The first-order valence-corrected chi connectivity index (χ1v) is 13.3. The largest absolute Gasteiger partial charge is 0.325 e. The van der Waals surface area contributed by atoms with E-state index in [1.54, 1.807) is 0 Å². The number of nitrogens with one attached hydrogen (secondary N) is 3. The Hall–Kier alpha value is -3.00. The van der Waals surface area contributed by atoms with Crippen molar-refractivity contribution < 1.29 is 14.4 Å². The van der Waals surface area contributed by atoms with Crippen LogP contribution in [0.25, 0.3) is 12.2 Å². The van der Waals surface area contributed by atoms with E-state index in [1.165, 1.54) is 19.3 Å². The first-order valence-electron chi connectivity index (χ1n) is 13.3. The third kappa shape index (κ3) is 6.40. The van der Waals surface area contributed by atoms with E-state index in [1.807, 2.05) is 65.7 Å². The van der Waals surface area contributed by atoms with E-state index >= 15 is 0 Å². The molecule has 2 aromatic rings. The molecule has 0 radical (unpaired) electrons. The van der Waals surface area contributed by atoms with Crippen molar-refractivity contribution in [1.29, 1.82) is 0 Å². The number of carbonyl (C=O) groups is 2. The number of rotatable bonds is 9. The third-order valence-corrected chi connectivity index (χ3v) is 7.41. The Balaban J connectivity index is 1.10. The van der Waals surface area contributed by atoms with Gasteiger partial charge in [0.1, 0.15) is 6.04 Å². The lowest BCUT2D eigenvalue weighted by Gasteiger charge is -2.29. The number of hydroxylamine groups is 2. The SMILES string of the molecule is O=C(Nc1ccc(/C=C/c2ccc(NC(=O)[C@@H]3CCCN3OCC3CCC3)cc2)cc1)[C@@H]1CCCN1. The zero-order valence-electron chi connectivity index (χ0n) is 20.7. The van der Waals surface area contributed by atoms with Crippen molar-refractivity contribution in [2.24, 2.45) is 5.92 Å². The van der Waals surface area contributed by atoms with Crippen LogP contribution in [0.2, 0.25) is 0 Å². The van der Waals surface area contributed by atoms with Gasteiger partial charge in [-0.25, -0.2) is 0 Å². The van der Waals surface area contributed by atoms with Gasteiger partial charge in [0.25, 0.3) is 0 Å². The number of carbonyl (C=O) groups excluding carboxylic acids is 2. The minimum atomic E-state index is -0.216. The molecule has 36 heavy (non-hydrogen) atoms. The molecule has 2 aromatic carbocycles. The maximum Gasteiger partial charge on any atom is 0.244 e. The predicted molar refractivity (Wildman–Crippen MR) is 143 cm³/mol. The highest BCUT2D eigenvalue weighted by Gasteiger charge is 2.32. The molecule has 0 bridgehead atoms. The number of anilines is 2. The van der Waals surface area contributed by atoms with Crippen LogP contribution in [0.5, 0.6) is 0 Å². The zero-order chi connectivity index (χ0) is 24.7. The van der Waals surface area contributed by atoms with Gasteiger partial charge in [0, 0.05) is 17.9 Å². The van der Waals surface area contributed by atoms with E-state index in [0.717, 1.165) is 67.9 Å². The van der Waals surface area contributed by atoms with Crippen molar-refractivity contribution in [3.63, 3.8) is 0 Å². The second-order valence-electron chi connectivity index (χ2n) is 10.1. The van der Waals surface area contributed by atoms with E-state index in [0.29, 0.717) is 5.92 Å². The molecule has 0 aromatic heterocycles. The summed E-state index contributed by atoms with van der Waals surface area (Å²) in [6, 6.07) is 15.4. The highest BCUT2D eigenvalue weighted by Crippen LogP contribution is 2.28. The Morgan fingerprint density at radius 3 is 2.03 bits per heavy atom. The number of hydrogen-bond acceptors (Lipinski definition) is 5. The molecule has 2 heterocycles. The molecule has 1 saturated carbocycles. The summed E-state index contributed by atoms with van der Waals surface area (Å²) in [7, 11) is 0. The van der Waals surface area contributed by atoms with Gasteiger partial charge in [-0.15, -0.1) is 0 Å². The van der Waals surface area contributed by atoms with Gasteiger partial charge in [0.2, 0.25) is 11.8 Å². The van der Waals surface area contributed by atoms with Gasteiger partial charge in [-0.2, -0.15) is 5.06 Å². The van der Waals surface area contributed by atoms with E-state index < -0.39 is 0 Å². The fourth-order valence-corrected chi connectivity index (χ4v) is 4.93. The fourth-order valence-electron chi connectivity index (χ4n) is 4.93. The van der Waals surface area contributed by atoms with Gasteiger partial charge >= 0.3 is 0 Å². The second-order valence-corrected chi connectivity index (χ2v) is 10.1. The summed E-state index contributed by atoms with van der Waals surface area (Å²) in [4.78, 5) is 31.0. The molecule has 7 nitrogen and oxygen atoms in total. The van der Waals surface area contributed by atoms with Crippen molar-refractivity contribution in [3.05, 3.63) is 59.7 Å². The maximum absolute atomic E-state index is 12.8. The number of nitrogens with zero attached hydrogens (tertiary/aromatic N) is 1. The quantitative estimate of drug-likeness (QED) is 0.447. The summed E-state index contributed by atoms with van der Waals surface area (Å²) in [6.45, 7) is 2.46. The Kier molecular flexibility index (Phi) is 8.11. The molecular formula is C29H36N4O3. The van der Waals surface area contributed by atoms with Crippen LogP contribution in [0, 0.1) is 5.92 Å². The minimum absolute atomic E-state index is 0.000273. The van der Waals surface area contributed by atoms with E-state index in [-0.39, 0.29) is 23.9 Å². The van der Waals surface area contributed by atoms with Crippen molar-refractivity contribution in [2.75, 3.05) is 30.3 Å². The van der Waals surface area contributed by atoms with E-state index in [2.05, 4.69) is 16.0 Å². The molecule has 190 valence electrons. The summed E-state index contributed by atoms with van der Waals surface area (Å²) < 4.78 is 0. The first kappa shape index (κ1) is 24.7. The standard InChI is InChI=1S/C29H36N4O3/c34-28(26-6-2-18-30-26)31-24-14-10-21(11-15-24)8-9-22-12-16-25(17-13-22)32-29(35)27-7-3-19-33(27)36-20-23-4-1-5-23/h8-17,23,26-27,30H,1-7,18-20H2,(H,31,34)(H,32,35)/b9-8+/t26-,27-/m0/s1. The van der Waals surface area contributed by atoms with E-state index in [9.17, 15) is 9.59 Å². The molecule has 7 heteroatoms. The molecule has 5 rings (SSSR count). The van der Waals surface area contributed by atoms with Gasteiger partial charge in [0.05, 0.1) is 12.6 Å². The lowest BCUT2D eigenvalue weighted by atomic mass is 9.86. The smallest absolute Gasteiger partial charge is 0.244 e. The van der Waals surface area contributed by atoms with Crippen molar-refractivity contribution in [1.82, 2.24) is 10.4 Å². The average molecular weight is 489 g/mol. The minimum Gasteiger partial charge on any atom is -0.325 e. The lowest BCUT2D eigenvalue weighted by molar-refractivity contribution is -0.186. The maximum atomic E-state index is 12.8. The molecule has 3 N–H and O–H groups in total. The predicted octanol–water partition coefficient (Wildman–Crippen LogP) is 4.68. The molecule has 2 saturated heterocycles. The Labute approximate surface area is 213 Å². The normalized spacial score (nSPS) is 22.6. The fraction of sp³-hybridized carbons (Fsp3) is 0.448. The first-order chi connectivity index (χ1) is 17.6. The summed E-state index contributed by atoms with van der Waals surface area (Å²) in [6.07, 6.45) is 11.6. The molecule has 2 amide bonds. The van der Waals surface area contributed by atoms with Gasteiger partial charge in [-0.05, 0) is 86.4 Å². The molecule has 0 spiro atoms. The van der Waals surface area contributed by atoms with Crippen LogP contribution in [0.3, 0.4) is 0 Å². The van der Waals surface area contributed by atoms with Gasteiger partial charge in [-0.1, -0.05) is 42.8 Å². The molecule has 0 unspecified atom stereocenters. The number of amides is 2. The topological polar surface area (TPSA) is 82.7 Å². The van der Waals surface area contributed by atoms with Crippen LogP contribution in [-0.4, -0.2) is 48.7 Å². The molecule has 2 aliphatic heterocycles. The lowest BCUT2D eigenvalue weighted by Crippen LogP contribution is -2.40. The Bertz CT molecular complexity index is 1060. The average Bonchev–Trinajstić information content (AvgIpc) is 3.56. The number of benzene rings is 2. The Morgan fingerprint density at radius 2 is 1.47 bits per heavy atom. The molecular weight excluding hydrogens is 452 g/mol. The third-order valence-electron chi connectivity index (χ3n) is 7.41. The van der Waals surface area contributed by atoms with Crippen LogP contribution in [-0.2, 0) is 14.4 Å². The molecule has 3 fully saturated rings. The highest BCUT2D eigenvalue weighted by atomic mass is 16.7. The zero-order valence-corrected chi connectivity index (χ0v) is 20.7. The number of hydrogen-bond donors (Lipinski definition) is 3. The summed E-state index contributed by atoms with van der Waals surface area (Å²) in [5, 5.41) is 11.1. The van der Waals surface area contributed by atoms with Gasteiger partial charge in [0.15, 0.2) is 0 Å². The molecule has 2 atom stereocenters. The van der Waals surface area contributed by atoms with Crippen LogP contribution in [0.4, 0.5) is 11.4 Å².